The van der Waals surface area contributed by atoms with Crippen LogP contribution in [0.4, 0.5) is 0 Å². The first-order valence-corrected chi connectivity index (χ1v) is 15.6. The average molecular weight is 581 g/mol. The van der Waals surface area contributed by atoms with Gasteiger partial charge in [0, 0.05) is 23.7 Å². The zero-order chi connectivity index (χ0) is 29.9. The third kappa shape index (κ3) is 5.21. The number of carbonyl (C=O) groups excluding carboxylic acids is 2. The van der Waals surface area contributed by atoms with Gasteiger partial charge in [-0.1, -0.05) is 72.8 Å². The number of aliphatic hydroxyl groups is 2. The van der Waals surface area contributed by atoms with E-state index < -0.39 is 10.8 Å². The minimum absolute atomic E-state index is 0.00935. The van der Waals surface area contributed by atoms with E-state index in [1.165, 1.54) is 44.5 Å². The molecule has 43 heavy (non-hydrogen) atoms. The van der Waals surface area contributed by atoms with E-state index in [0.717, 1.165) is 25.7 Å². The molecule has 2 aromatic rings. The molecule has 0 fully saturated rings. The van der Waals surface area contributed by atoms with Crippen molar-refractivity contribution in [1.82, 2.24) is 0 Å². The topological polar surface area (TPSA) is 93.1 Å². The lowest BCUT2D eigenvalue weighted by Gasteiger charge is -2.44. The van der Waals surface area contributed by atoms with Crippen LogP contribution >= 0.6 is 0 Å². The van der Waals surface area contributed by atoms with Crippen molar-refractivity contribution in [2.75, 3.05) is 26.4 Å². The molecule has 6 heteroatoms. The second kappa shape index (κ2) is 12.5. The second-order valence-electron chi connectivity index (χ2n) is 11.9. The summed E-state index contributed by atoms with van der Waals surface area (Å²) in [4.78, 5) is 25.9. The Labute approximate surface area is 253 Å². The fourth-order valence-electron chi connectivity index (χ4n) is 8.03. The van der Waals surface area contributed by atoms with Gasteiger partial charge in [0.2, 0.25) is 0 Å². The zero-order valence-electron chi connectivity index (χ0n) is 24.6. The van der Waals surface area contributed by atoms with Crippen LogP contribution in [0.25, 0.3) is 11.1 Å². The number of fused-ring (bicyclic) bond motifs is 6. The molecule has 0 spiro atoms. The van der Waals surface area contributed by atoms with Crippen molar-refractivity contribution in [2.45, 2.75) is 68.6 Å². The van der Waals surface area contributed by atoms with E-state index in [4.69, 9.17) is 9.47 Å². The molecule has 0 radical (unpaired) electrons. The molecule has 2 aromatic carbocycles. The lowest BCUT2D eigenvalue weighted by atomic mass is 9.59. The molecule has 6 nitrogen and oxygen atoms in total. The van der Waals surface area contributed by atoms with Crippen molar-refractivity contribution < 1.29 is 29.3 Å². The highest BCUT2D eigenvalue weighted by atomic mass is 16.5. The quantitative estimate of drug-likeness (QED) is 0.294. The van der Waals surface area contributed by atoms with Crippen molar-refractivity contribution >= 4 is 23.1 Å². The lowest BCUT2D eigenvalue weighted by Crippen LogP contribution is -2.39. The van der Waals surface area contributed by atoms with E-state index in [1.54, 1.807) is 0 Å². The van der Waals surface area contributed by atoms with Crippen molar-refractivity contribution in [3.05, 3.63) is 106 Å². The third-order valence-corrected chi connectivity index (χ3v) is 9.63. The first-order valence-electron chi connectivity index (χ1n) is 15.6. The predicted molar refractivity (Wildman–Crippen MR) is 166 cm³/mol. The van der Waals surface area contributed by atoms with Gasteiger partial charge in [-0.25, -0.2) is 0 Å². The highest BCUT2D eigenvalue weighted by molar-refractivity contribution is 5.94. The van der Waals surface area contributed by atoms with Crippen LogP contribution in [0.3, 0.4) is 0 Å². The molecule has 0 saturated heterocycles. The number of allylic oxidation sites excluding steroid dienone is 8. The van der Waals surface area contributed by atoms with Crippen LogP contribution in [0.5, 0.6) is 0 Å². The van der Waals surface area contributed by atoms with Crippen LogP contribution in [0.15, 0.2) is 84.0 Å². The van der Waals surface area contributed by atoms with Crippen LogP contribution in [0.1, 0.15) is 80.0 Å². The number of benzene rings is 2. The first kappa shape index (κ1) is 29.3. The number of ether oxygens (including phenoxy) is 2. The van der Waals surface area contributed by atoms with Gasteiger partial charge in [-0.05, 0) is 89.5 Å². The normalized spacial score (nSPS) is 23.1. The Balaban J connectivity index is 1.51. The molecule has 0 heterocycles. The summed E-state index contributed by atoms with van der Waals surface area (Å²) in [6.07, 6.45) is 15.5. The maximum Gasteiger partial charge on any atom is 0.305 e. The molecule has 0 aliphatic heterocycles. The number of hydrogen-bond acceptors (Lipinski definition) is 6. The van der Waals surface area contributed by atoms with Crippen LogP contribution in [0, 0.1) is 0 Å². The van der Waals surface area contributed by atoms with Crippen LogP contribution in [-0.2, 0) is 29.9 Å². The molecule has 4 aliphatic carbocycles. The summed E-state index contributed by atoms with van der Waals surface area (Å²) in [7, 11) is 0. The summed E-state index contributed by atoms with van der Waals surface area (Å²) >= 11 is 0. The van der Waals surface area contributed by atoms with Crippen molar-refractivity contribution in [1.29, 1.82) is 0 Å². The second-order valence-corrected chi connectivity index (χ2v) is 11.9. The summed E-state index contributed by atoms with van der Waals surface area (Å²) < 4.78 is 10.7. The monoisotopic (exact) mass is 580 g/mol. The van der Waals surface area contributed by atoms with E-state index in [0.29, 0.717) is 19.3 Å². The van der Waals surface area contributed by atoms with Crippen LogP contribution in [-0.4, -0.2) is 48.6 Å². The molecule has 0 amide bonds. The Morgan fingerprint density at radius 2 is 1.05 bits per heavy atom. The molecular formula is C37H40O6. The number of rotatable bonds is 12. The molecule has 0 saturated carbocycles. The van der Waals surface area contributed by atoms with Gasteiger partial charge in [0.25, 0.3) is 0 Å². The summed E-state index contributed by atoms with van der Waals surface area (Å²) in [6.45, 7) is -0.421. The van der Waals surface area contributed by atoms with E-state index in [-0.39, 0.29) is 51.2 Å². The molecule has 2 atom stereocenters. The number of hydrogen-bond donors (Lipinski definition) is 2. The molecule has 0 bridgehead atoms. The van der Waals surface area contributed by atoms with Gasteiger partial charge in [0.1, 0.15) is 13.2 Å². The van der Waals surface area contributed by atoms with Gasteiger partial charge >= 0.3 is 11.9 Å². The molecule has 6 rings (SSSR count). The minimum Gasteiger partial charge on any atom is -0.463 e. The Kier molecular flexibility index (Phi) is 8.51. The summed E-state index contributed by atoms with van der Waals surface area (Å²) in [5.41, 5.74) is 8.94. The van der Waals surface area contributed by atoms with E-state index in [1.807, 2.05) is 0 Å². The Morgan fingerprint density at radius 3 is 1.49 bits per heavy atom. The lowest BCUT2D eigenvalue weighted by molar-refractivity contribution is -0.145. The largest absolute Gasteiger partial charge is 0.463 e. The van der Waals surface area contributed by atoms with E-state index >= 15 is 0 Å². The van der Waals surface area contributed by atoms with Crippen LogP contribution < -0.4 is 0 Å². The summed E-state index contributed by atoms with van der Waals surface area (Å²) in [5.74, 6) is -0.628. The van der Waals surface area contributed by atoms with Gasteiger partial charge in [0.05, 0.1) is 13.2 Å². The van der Waals surface area contributed by atoms with Gasteiger partial charge in [0.15, 0.2) is 0 Å². The standard InChI is InChI=1S/C37H40O6/c38-21-23-42-34(40)17-19-36(30-13-5-1-9-26(30)27-10-2-6-14-31(27)36)25-37(20-18-35(41)43-24-22-39)32-15-7-3-11-28(32)29-12-4-8-16-33(29)37/h1,3,5,7,9-16,38-39H,2,4,6,8,17-25H2. The van der Waals surface area contributed by atoms with Gasteiger partial charge < -0.3 is 19.7 Å². The summed E-state index contributed by atoms with van der Waals surface area (Å²) in [5, 5.41) is 18.5. The highest BCUT2D eigenvalue weighted by Crippen LogP contribution is 2.64. The smallest absolute Gasteiger partial charge is 0.305 e. The Morgan fingerprint density at radius 1 is 0.628 bits per heavy atom. The van der Waals surface area contributed by atoms with E-state index in [2.05, 4.69) is 72.8 Å². The summed E-state index contributed by atoms with van der Waals surface area (Å²) in [6, 6.07) is 17.2. The first-order chi connectivity index (χ1) is 21.0. The highest BCUT2D eigenvalue weighted by Gasteiger charge is 2.55. The van der Waals surface area contributed by atoms with Crippen molar-refractivity contribution in [3.8, 4) is 0 Å². The Bertz CT molecular complexity index is 1410. The van der Waals surface area contributed by atoms with Gasteiger partial charge in [-0.15, -0.1) is 0 Å². The molecule has 224 valence electrons. The maximum atomic E-state index is 13.0. The number of aliphatic hydroxyl groups excluding tert-OH is 2. The van der Waals surface area contributed by atoms with Crippen molar-refractivity contribution in [2.24, 2.45) is 0 Å². The molecular weight excluding hydrogens is 540 g/mol. The fraction of sp³-hybridized carbons (Fsp3) is 0.405. The van der Waals surface area contributed by atoms with Crippen LogP contribution in [0.2, 0.25) is 0 Å². The number of esters is 2. The Hall–Kier alpha value is -3.74. The van der Waals surface area contributed by atoms with E-state index in [9.17, 15) is 19.8 Å². The molecule has 2 N–H and O–H groups in total. The number of carbonyl (C=O) groups is 2. The maximum absolute atomic E-state index is 13.0. The van der Waals surface area contributed by atoms with Crippen molar-refractivity contribution in [3.63, 3.8) is 0 Å². The molecule has 0 aromatic heterocycles. The minimum atomic E-state index is -0.489. The third-order valence-electron chi connectivity index (χ3n) is 9.63. The van der Waals surface area contributed by atoms with Gasteiger partial charge in [-0.2, -0.15) is 0 Å². The molecule has 2 unspecified atom stereocenters. The fourth-order valence-corrected chi connectivity index (χ4v) is 8.03. The van der Waals surface area contributed by atoms with Gasteiger partial charge in [-0.3, -0.25) is 9.59 Å². The zero-order valence-corrected chi connectivity index (χ0v) is 24.6. The average Bonchev–Trinajstić information content (AvgIpc) is 3.49. The molecule has 4 aliphatic rings. The SMILES string of the molecule is O=C(CCC1(CC2(CCC(=O)OCCO)C3=CCCC=C3c3ccccc32)C2=CCCC=C2c2ccccc21)OCCO. The predicted octanol–water partition coefficient (Wildman–Crippen LogP) is 6.12.